The van der Waals surface area contributed by atoms with Crippen molar-refractivity contribution in [1.82, 2.24) is 10.3 Å². The normalized spacial score (nSPS) is 13.0. The van der Waals surface area contributed by atoms with Gasteiger partial charge in [0.15, 0.2) is 9.84 Å². The van der Waals surface area contributed by atoms with Crippen LogP contribution in [-0.2, 0) is 16.4 Å². The Kier molecular flexibility index (Phi) is 5.32. The molecule has 1 atom stereocenters. The summed E-state index contributed by atoms with van der Waals surface area (Å²) < 4.78 is 24.7. The smallest absolute Gasteiger partial charge is 0.179 e. The molecule has 0 saturated carbocycles. The van der Waals surface area contributed by atoms with Crippen LogP contribution in [0.3, 0.4) is 0 Å². The molecule has 2 rings (SSSR count). The van der Waals surface area contributed by atoms with Gasteiger partial charge in [-0.1, -0.05) is 23.8 Å². The van der Waals surface area contributed by atoms with Gasteiger partial charge >= 0.3 is 0 Å². The quantitative estimate of drug-likeness (QED) is 0.889. The minimum atomic E-state index is -3.27. The summed E-state index contributed by atoms with van der Waals surface area (Å²) in [5.74, 6) is 0.0714. The monoisotopic (exact) mass is 318 g/mol. The maximum atomic E-state index is 12.4. The molecule has 0 unspecified atom stereocenters. The predicted octanol–water partition coefficient (Wildman–Crippen LogP) is 2.65. The van der Waals surface area contributed by atoms with Crippen LogP contribution in [0.5, 0.6) is 0 Å². The average Bonchev–Trinajstić information content (AvgIpc) is 2.46. The fraction of sp³-hybridized carbons (Fsp3) is 0.353. The molecule has 0 aliphatic carbocycles. The molecule has 2 aromatic rings. The van der Waals surface area contributed by atoms with E-state index >= 15 is 0 Å². The number of aromatic nitrogens is 1. The van der Waals surface area contributed by atoms with Gasteiger partial charge in [0.1, 0.15) is 0 Å². The zero-order valence-electron chi connectivity index (χ0n) is 13.2. The topological polar surface area (TPSA) is 59.1 Å². The first kappa shape index (κ1) is 16.6. The molecule has 0 spiro atoms. The van der Waals surface area contributed by atoms with Gasteiger partial charge in [0.2, 0.25) is 0 Å². The summed E-state index contributed by atoms with van der Waals surface area (Å²) in [4.78, 5) is 4.68. The van der Waals surface area contributed by atoms with Crippen LogP contribution in [0.15, 0.2) is 47.5 Å². The lowest BCUT2D eigenvalue weighted by Crippen LogP contribution is -2.32. The third kappa shape index (κ3) is 4.64. The molecule has 0 aliphatic rings. The fourth-order valence-corrected chi connectivity index (χ4v) is 3.63. The van der Waals surface area contributed by atoms with E-state index in [2.05, 4.69) is 10.3 Å². The van der Waals surface area contributed by atoms with Crippen LogP contribution in [0, 0.1) is 13.8 Å². The van der Waals surface area contributed by atoms with E-state index in [1.165, 1.54) is 0 Å². The van der Waals surface area contributed by atoms with Crippen molar-refractivity contribution in [2.24, 2.45) is 0 Å². The first-order valence-corrected chi connectivity index (χ1v) is 8.96. The lowest BCUT2D eigenvalue weighted by atomic mass is 10.2. The van der Waals surface area contributed by atoms with Gasteiger partial charge in [-0.25, -0.2) is 8.42 Å². The molecule has 0 radical (unpaired) electrons. The highest BCUT2D eigenvalue weighted by Gasteiger charge is 2.18. The largest absolute Gasteiger partial charge is 0.308 e. The van der Waals surface area contributed by atoms with Crippen molar-refractivity contribution in [1.29, 1.82) is 0 Å². The van der Waals surface area contributed by atoms with Gasteiger partial charge in [-0.15, -0.1) is 0 Å². The van der Waals surface area contributed by atoms with E-state index in [1.54, 1.807) is 12.1 Å². The number of hydrogen-bond donors (Lipinski definition) is 1. The van der Waals surface area contributed by atoms with E-state index in [9.17, 15) is 8.42 Å². The summed E-state index contributed by atoms with van der Waals surface area (Å²) >= 11 is 0. The number of aryl methyl sites for hydroxylation is 2. The number of hydrogen-bond acceptors (Lipinski definition) is 4. The van der Waals surface area contributed by atoms with E-state index in [0.29, 0.717) is 11.4 Å². The van der Waals surface area contributed by atoms with Crippen molar-refractivity contribution < 1.29 is 8.42 Å². The van der Waals surface area contributed by atoms with E-state index in [1.807, 2.05) is 51.2 Å². The molecule has 118 valence electrons. The van der Waals surface area contributed by atoms with Crippen LogP contribution in [0.1, 0.15) is 23.7 Å². The van der Waals surface area contributed by atoms with Crippen LogP contribution in [0.2, 0.25) is 0 Å². The number of sulfone groups is 1. The number of nitrogens with zero attached hydrogens (tertiary/aromatic N) is 1. The molecule has 0 fully saturated rings. The molecule has 1 N–H and O–H groups in total. The van der Waals surface area contributed by atoms with Crippen LogP contribution < -0.4 is 5.32 Å². The lowest BCUT2D eigenvalue weighted by Gasteiger charge is -2.14. The van der Waals surface area contributed by atoms with Crippen molar-refractivity contribution in [3.63, 3.8) is 0 Å². The molecular formula is C17H22N2O2S. The van der Waals surface area contributed by atoms with Gasteiger partial charge < -0.3 is 5.32 Å². The van der Waals surface area contributed by atoms with Gasteiger partial charge in [0, 0.05) is 18.8 Å². The predicted molar refractivity (Wildman–Crippen MR) is 88.5 cm³/mol. The average molecular weight is 318 g/mol. The van der Waals surface area contributed by atoms with Gasteiger partial charge in [-0.3, -0.25) is 4.98 Å². The fourth-order valence-electron chi connectivity index (χ4n) is 2.11. The third-order valence-corrected chi connectivity index (χ3v) is 5.38. The van der Waals surface area contributed by atoms with Gasteiger partial charge in [-0.2, -0.15) is 0 Å². The van der Waals surface area contributed by atoms with Crippen LogP contribution in [0.25, 0.3) is 0 Å². The third-order valence-electron chi connectivity index (χ3n) is 3.45. The minimum Gasteiger partial charge on any atom is -0.308 e. The first-order valence-electron chi connectivity index (χ1n) is 7.31. The van der Waals surface area contributed by atoms with E-state index in [0.717, 1.165) is 16.8 Å². The second kappa shape index (κ2) is 7.03. The second-order valence-electron chi connectivity index (χ2n) is 5.70. The van der Waals surface area contributed by atoms with Crippen LogP contribution in [0.4, 0.5) is 0 Å². The molecular weight excluding hydrogens is 296 g/mol. The molecule has 4 nitrogen and oxygen atoms in total. The van der Waals surface area contributed by atoms with Crippen molar-refractivity contribution in [2.75, 3.05) is 5.75 Å². The Morgan fingerprint density at radius 1 is 1.05 bits per heavy atom. The molecule has 5 heteroatoms. The van der Waals surface area contributed by atoms with E-state index in [4.69, 9.17) is 0 Å². The summed E-state index contributed by atoms with van der Waals surface area (Å²) in [5, 5.41) is 3.21. The number of pyridine rings is 1. The van der Waals surface area contributed by atoms with Gasteiger partial charge in [0.05, 0.1) is 16.3 Å². The zero-order valence-corrected chi connectivity index (χ0v) is 14.0. The summed E-state index contributed by atoms with van der Waals surface area (Å²) in [6.07, 6.45) is 1.81. The SMILES string of the molecule is Cc1ccc(S(=O)(=O)C[C@H](C)NCc2ccc(C)cn2)cc1. The summed E-state index contributed by atoms with van der Waals surface area (Å²) in [7, 11) is -3.27. The van der Waals surface area contributed by atoms with Gasteiger partial charge in [0.25, 0.3) is 0 Å². The van der Waals surface area contributed by atoms with Crippen molar-refractivity contribution in [3.05, 3.63) is 59.4 Å². The Labute approximate surface area is 132 Å². The molecule has 1 heterocycles. The highest BCUT2D eigenvalue weighted by atomic mass is 32.2. The highest BCUT2D eigenvalue weighted by Crippen LogP contribution is 2.13. The maximum absolute atomic E-state index is 12.4. The second-order valence-corrected chi connectivity index (χ2v) is 7.74. The minimum absolute atomic E-state index is 0.0714. The maximum Gasteiger partial charge on any atom is 0.179 e. The lowest BCUT2D eigenvalue weighted by molar-refractivity contribution is 0.553. The number of rotatable bonds is 6. The Balaban J connectivity index is 1.94. The summed E-state index contributed by atoms with van der Waals surface area (Å²) in [5.41, 5.74) is 3.07. The molecule has 0 saturated heterocycles. The van der Waals surface area contributed by atoms with Gasteiger partial charge in [-0.05, 0) is 44.5 Å². The Morgan fingerprint density at radius 3 is 2.27 bits per heavy atom. The van der Waals surface area contributed by atoms with Crippen molar-refractivity contribution in [3.8, 4) is 0 Å². The molecule has 0 aliphatic heterocycles. The number of nitrogens with one attached hydrogen (secondary N) is 1. The van der Waals surface area contributed by atoms with E-state index in [-0.39, 0.29) is 11.8 Å². The molecule has 0 bridgehead atoms. The Bertz CT molecular complexity index is 707. The molecule has 0 amide bonds. The Hall–Kier alpha value is -1.72. The van der Waals surface area contributed by atoms with Crippen LogP contribution >= 0.6 is 0 Å². The highest BCUT2D eigenvalue weighted by molar-refractivity contribution is 7.91. The standard InChI is InChI=1S/C17H22N2O2S/c1-13-5-8-17(9-6-13)22(20,21)12-15(3)18-11-16-7-4-14(2)10-19-16/h4-10,15,18H,11-12H2,1-3H3/t15-/m0/s1. The van der Waals surface area contributed by atoms with E-state index < -0.39 is 9.84 Å². The Morgan fingerprint density at radius 2 is 1.68 bits per heavy atom. The number of benzene rings is 1. The first-order chi connectivity index (χ1) is 10.4. The molecule has 1 aromatic heterocycles. The zero-order chi connectivity index (χ0) is 16.2. The molecule has 22 heavy (non-hydrogen) atoms. The summed E-state index contributed by atoms with van der Waals surface area (Å²) in [6.45, 7) is 6.36. The van der Waals surface area contributed by atoms with Crippen molar-refractivity contribution >= 4 is 9.84 Å². The summed E-state index contributed by atoms with van der Waals surface area (Å²) in [6, 6.07) is 10.8. The van der Waals surface area contributed by atoms with Crippen LogP contribution in [-0.4, -0.2) is 25.2 Å². The van der Waals surface area contributed by atoms with Crippen molar-refractivity contribution in [2.45, 2.75) is 38.3 Å². The molecule has 1 aromatic carbocycles.